The number of halogens is 1. The summed E-state index contributed by atoms with van der Waals surface area (Å²) in [7, 11) is 1.69. The van der Waals surface area contributed by atoms with Crippen molar-refractivity contribution in [3.05, 3.63) is 65.5 Å². The zero-order chi connectivity index (χ0) is 18.1. The molecule has 0 spiro atoms. The van der Waals surface area contributed by atoms with Crippen molar-refractivity contribution < 1.29 is 9.13 Å². The Morgan fingerprint density at radius 3 is 2.44 bits per heavy atom. The number of aliphatic imine (C=N–C) groups is 1. The van der Waals surface area contributed by atoms with E-state index in [-0.39, 0.29) is 11.9 Å². The number of benzene rings is 2. The zero-order valence-corrected chi connectivity index (χ0v) is 14.3. The average Bonchev–Trinajstić information content (AvgIpc) is 2.64. The summed E-state index contributed by atoms with van der Waals surface area (Å²) in [6, 6.07) is 15.4. The van der Waals surface area contributed by atoms with Crippen LogP contribution in [0.4, 0.5) is 4.39 Å². The molecule has 6 heteroatoms. The lowest BCUT2D eigenvalue weighted by molar-refractivity contribution is 0.223. The van der Waals surface area contributed by atoms with Gasteiger partial charge in [0.1, 0.15) is 17.7 Å². The van der Waals surface area contributed by atoms with Crippen LogP contribution in [-0.4, -0.2) is 25.7 Å². The van der Waals surface area contributed by atoms with E-state index in [1.165, 1.54) is 12.1 Å². The van der Waals surface area contributed by atoms with Gasteiger partial charge in [-0.2, -0.15) is 5.26 Å². The van der Waals surface area contributed by atoms with Crippen molar-refractivity contribution in [1.29, 1.82) is 5.26 Å². The van der Waals surface area contributed by atoms with E-state index in [0.717, 1.165) is 5.56 Å². The second-order valence-corrected chi connectivity index (χ2v) is 5.50. The largest absolute Gasteiger partial charge is 0.489 e. The number of nitrogens with zero attached hydrogens (tertiary/aromatic N) is 2. The van der Waals surface area contributed by atoms with Crippen LogP contribution >= 0.6 is 0 Å². The van der Waals surface area contributed by atoms with Gasteiger partial charge in [0.2, 0.25) is 0 Å². The Kier molecular flexibility index (Phi) is 6.78. The molecule has 0 aliphatic rings. The van der Waals surface area contributed by atoms with Gasteiger partial charge in [-0.15, -0.1) is 0 Å². The minimum Gasteiger partial charge on any atom is -0.489 e. The molecule has 2 rings (SSSR count). The summed E-state index contributed by atoms with van der Waals surface area (Å²) in [6.45, 7) is 3.06. The van der Waals surface area contributed by atoms with Crippen molar-refractivity contribution in [2.45, 2.75) is 19.6 Å². The normalized spacial score (nSPS) is 12.2. The molecule has 0 bridgehead atoms. The lowest BCUT2D eigenvalue weighted by atomic mass is 10.1. The van der Waals surface area contributed by atoms with Crippen LogP contribution in [0.2, 0.25) is 0 Å². The SMILES string of the molecule is CN=C(NCc1ccc(C#N)cc1)NCC(C)Oc1ccc(F)cc1. The number of rotatable bonds is 6. The average molecular weight is 340 g/mol. The van der Waals surface area contributed by atoms with Gasteiger partial charge in [0.25, 0.3) is 0 Å². The molecule has 0 radical (unpaired) electrons. The molecule has 0 aliphatic heterocycles. The van der Waals surface area contributed by atoms with Crippen LogP contribution in [0.1, 0.15) is 18.1 Å². The monoisotopic (exact) mass is 340 g/mol. The van der Waals surface area contributed by atoms with Crippen LogP contribution < -0.4 is 15.4 Å². The van der Waals surface area contributed by atoms with Crippen molar-refractivity contribution in [3.63, 3.8) is 0 Å². The maximum absolute atomic E-state index is 12.9. The van der Waals surface area contributed by atoms with Crippen molar-refractivity contribution in [1.82, 2.24) is 10.6 Å². The fraction of sp³-hybridized carbons (Fsp3) is 0.263. The number of hydrogen-bond donors (Lipinski definition) is 2. The summed E-state index contributed by atoms with van der Waals surface area (Å²) in [4.78, 5) is 4.16. The van der Waals surface area contributed by atoms with Crippen LogP contribution in [0.25, 0.3) is 0 Å². The Hall–Kier alpha value is -3.07. The Morgan fingerprint density at radius 1 is 1.16 bits per heavy atom. The van der Waals surface area contributed by atoms with E-state index in [4.69, 9.17) is 10.00 Å². The highest BCUT2D eigenvalue weighted by atomic mass is 19.1. The van der Waals surface area contributed by atoms with Crippen LogP contribution in [0.3, 0.4) is 0 Å². The molecule has 1 unspecified atom stereocenters. The molecular formula is C19H21FN4O. The number of hydrogen-bond acceptors (Lipinski definition) is 3. The first-order valence-corrected chi connectivity index (χ1v) is 7.96. The summed E-state index contributed by atoms with van der Waals surface area (Å²) < 4.78 is 18.6. The van der Waals surface area contributed by atoms with Crippen molar-refractivity contribution in [3.8, 4) is 11.8 Å². The van der Waals surface area contributed by atoms with E-state index in [2.05, 4.69) is 21.7 Å². The third-order valence-corrected chi connectivity index (χ3v) is 3.47. The first kappa shape index (κ1) is 18.3. The maximum Gasteiger partial charge on any atom is 0.191 e. The van der Waals surface area contributed by atoms with Crippen LogP contribution in [0.15, 0.2) is 53.5 Å². The summed E-state index contributed by atoms with van der Waals surface area (Å²) in [5.74, 6) is 0.987. The molecule has 2 aromatic rings. The fourth-order valence-corrected chi connectivity index (χ4v) is 2.13. The molecule has 0 fully saturated rings. The molecule has 25 heavy (non-hydrogen) atoms. The van der Waals surface area contributed by atoms with Crippen molar-refractivity contribution in [2.75, 3.05) is 13.6 Å². The standard InChI is InChI=1S/C19H21FN4O/c1-14(25-18-9-7-17(20)8-10-18)12-23-19(22-2)24-13-16-5-3-15(11-21)4-6-16/h3-10,14H,12-13H2,1-2H3,(H2,22,23,24). The number of nitriles is 1. The lowest BCUT2D eigenvalue weighted by Gasteiger charge is -2.17. The molecule has 0 aliphatic carbocycles. The minimum absolute atomic E-state index is 0.112. The fourth-order valence-electron chi connectivity index (χ4n) is 2.13. The first-order chi connectivity index (χ1) is 12.1. The summed E-state index contributed by atoms with van der Waals surface area (Å²) >= 11 is 0. The Balaban J connectivity index is 1.77. The van der Waals surface area contributed by atoms with Gasteiger partial charge in [-0.1, -0.05) is 12.1 Å². The molecule has 2 aromatic carbocycles. The molecule has 5 nitrogen and oxygen atoms in total. The van der Waals surface area contributed by atoms with Crippen LogP contribution in [0, 0.1) is 17.1 Å². The number of guanidine groups is 1. The van der Waals surface area contributed by atoms with Crippen LogP contribution in [0.5, 0.6) is 5.75 Å². The van der Waals surface area contributed by atoms with E-state index >= 15 is 0 Å². The van der Waals surface area contributed by atoms with Crippen molar-refractivity contribution >= 4 is 5.96 Å². The minimum atomic E-state index is -0.287. The smallest absolute Gasteiger partial charge is 0.191 e. The summed E-state index contributed by atoms with van der Waals surface area (Å²) in [5, 5.41) is 15.2. The summed E-state index contributed by atoms with van der Waals surface area (Å²) in [6.07, 6.45) is -0.112. The molecule has 0 saturated heterocycles. The van der Waals surface area contributed by atoms with Crippen molar-refractivity contribution in [2.24, 2.45) is 4.99 Å². The Morgan fingerprint density at radius 2 is 1.84 bits per heavy atom. The first-order valence-electron chi connectivity index (χ1n) is 7.96. The third kappa shape index (κ3) is 6.15. The van der Waals surface area contributed by atoms with Gasteiger partial charge in [-0.05, 0) is 48.9 Å². The molecule has 0 aromatic heterocycles. The van der Waals surface area contributed by atoms with Gasteiger partial charge in [0.15, 0.2) is 5.96 Å². The molecule has 1 atom stereocenters. The summed E-state index contributed by atoms with van der Waals surface area (Å²) in [5.41, 5.74) is 1.69. The van der Waals surface area contributed by atoms with Gasteiger partial charge in [-0.3, -0.25) is 4.99 Å². The lowest BCUT2D eigenvalue weighted by Crippen LogP contribution is -2.41. The van der Waals surface area contributed by atoms with Gasteiger partial charge >= 0.3 is 0 Å². The second kappa shape index (κ2) is 9.28. The van der Waals surface area contributed by atoms with E-state index in [9.17, 15) is 4.39 Å². The third-order valence-electron chi connectivity index (χ3n) is 3.47. The van der Waals surface area contributed by atoms with Gasteiger partial charge in [0, 0.05) is 13.6 Å². The highest BCUT2D eigenvalue weighted by molar-refractivity contribution is 5.79. The molecule has 130 valence electrons. The quantitative estimate of drug-likeness (QED) is 0.627. The van der Waals surface area contributed by atoms with E-state index in [1.54, 1.807) is 31.3 Å². The topological polar surface area (TPSA) is 69.4 Å². The second-order valence-electron chi connectivity index (χ2n) is 5.50. The Bertz CT molecular complexity index is 736. The molecular weight excluding hydrogens is 319 g/mol. The van der Waals surface area contributed by atoms with Gasteiger partial charge in [0.05, 0.1) is 18.2 Å². The molecule has 0 saturated carbocycles. The highest BCUT2D eigenvalue weighted by Gasteiger charge is 2.06. The van der Waals surface area contributed by atoms with E-state index < -0.39 is 0 Å². The number of ether oxygens (including phenoxy) is 1. The van der Waals surface area contributed by atoms with E-state index in [0.29, 0.717) is 30.4 Å². The predicted octanol–water partition coefficient (Wildman–Crippen LogP) is 2.83. The predicted molar refractivity (Wildman–Crippen MR) is 95.8 cm³/mol. The van der Waals surface area contributed by atoms with Gasteiger partial charge < -0.3 is 15.4 Å². The van der Waals surface area contributed by atoms with Gasteiger partial charge in [-0.25, -0.2) is 4.39 Å². The van der Waals surface area contributed by atoms with Crippen LogP contribution in [-0.2, 0) is 6.54 Å². The van der Waals surface area contributed by atoms with E-state index in [1.807, 2.05) is 19.1 Å². The molecule has 2 N–H and O–H groups in total. The molecule has 0 heterocycles. The number of nitrogens with one attached hydrogen (secondary N) is 2. The molecule has 0 amide bonds. The highest BCUT2D eigenvalue weighted by Crippen LogP contribution is 2.12. The Labute approximate surface area is 147 Å². The zero-order valence-electron chi connectivity index (χ0n) is 14.3. The maximum atomic E-state index is 12.9.